The minimum absolute atomic E-state index is 0.0394. The van der Waals surface area contributed by atoms with Crippen LogP contribution in [-0.4, -0.2) is 40.2 Å². The number of aryl methyl sites for hydroxylation is 1. The first-order valence-corrected chi connectivity index (χ1v) is 7.50. The first-order valence-electron chi connectivity index (χ1n) is 7.50. The summed E-state index contributed by atoms with van der Waals surface area (Å²) in [7, 11) is 0. The molecule has 3 aliphatic rings. The maximum atomic E-state index is 12.9. The van der Waals surface area contributed by atoms with Crippen LogP contribution >= 0.6 is 0 Å². The molecule has 2 bridgehead atoms. The molecule has 0 spiro atoms. The third-order valence-corrected chi connectivity index (χ3v) is 4.97. The molecule has 4 rings (SSSR count). The van der Waals surface area contributed by atoms with Crippen molar-refractivity contribution >= 4 is 23.2 Å². The van der Waals surface area contributed by atoms with Crippen molar-refractivity contribution in [2.75, 3.05) is 11.5 Å². The zero-order valence-corrected chi connectivity index (χ0v) is 12.7. The number of fused-ring (bicyclic) bond motifs is 5. The molecular weight excluding hydrogens is 316 g/mol. The highest BCUT2D eigenvalue weighted by molar-refractivity contribution is 6.24. The number of rotatable bonds is 3. The largest absolute Gasteiger partial charge is 0.393 e. The number of carbonyl (C=O) groups excluding carboxylic acids is 2. The topological polar surface area (TPSA) is 110 Å². The van der Waals surface area contributed by atoms with Crippen molar-refractivity contribution in [1.82, 2.24) is 0 Å². The van der Waals surface area contributed by atoms with E-state index in [1.807, 2.05) is 0 Å². The highest BCUT2D eigenvalue weighted by Crippen LogP contribution is 2.53. The first-order chi connectivity index (χ1) is 11.4. The lowest BCUT2D eigenvalue weighted by Crippen LogP contribution is -2.43. The normalized spacial score (nSPS) is 33.4. The summed E-state index contributed by atoms with van der Waals surface area (Å²) in [5.74, 6) is -2.71. The van der Waals surface area contributed by atoms with Gasteiger partial charge < -0.3 is 9.84 Å². The number of nitro benzene ring substituents is 1. The highest BCUT2D eigenvalue weighted by atomic mass is 16.6. The van der Waals surface area contributed by atoms with Crippen molar-refractivity contribution in [1.29, 1.82) is 0 Å². The van der Waals surface area contributed by atoms with Crippen molar-refractivity contribution in [3.63, 3.8) is 0 Å². The third-order valence-electron chi connectivity index (χ3n) is 4.97. The molecular formula is C16H14N2O6. The fraction of sp³-hybridized carbons (Fsp3) is 0.375. The van der Waals surface area contributed by atoms with Gasteiger partial charge in [0.1, 0.15) is 11.3 Å². The molecule has 124 valence electrons. The molecule has 8 heteroatoms. The number of hydrogen-bond acceptors (Lipinski definition) is 6. The first kappa shape index (κ1) is 15.0. The van der Waals surface area contributed by atoms with Crippen LogP contribution in [0.3, 0.4) is 0 Å². The van der Waals surface area contributed by atoms with Crippen LogP contribution < -0.4 is 4.90 Å². The fourth-order valence-electron chi connectivity index (χ4n) is 3.89. The lowest BCUT2D eigenvalue weighted by atomic mass is 9.77. The van der Waals surface area contributed by atoms with Gasteiger partial charge in [-0.15, -0.1) is 0 Å². The van der Waals surface area contributed by atoms with Gasteiger partial charge in [0.2, 0.25) is 11.8 Å². The summed E-state index contributed by atoms with van der Waals surface area (Å²) < 4.78 is 5.63. The van der Waals surface area contributed by atoms with Gasteiger partial charge in [0.25, 0.3) is 5.69 Å². The van der Waals surface area contributed by atoms with E-state index in [0.717, 1.165) is 4.90 Å². The van der Waals surface area contributed by atoms with E-state index in [9.17, 15) is 24.8 Å². The molecule has 1 N–H and O–H groups in total. The number of aliphatic hydroxyl groups is 1. The van der Waals surface area contributed by atoms with E-state index in [2.05, 4.69) is 0 Å². The number of benzene rings is 1. The number of nitro groups is 1. The lowest BCUT2D eigenvalue weighted by molar-refractivity contribution is -0.384. The molecule has 2 fully saturated rings. The van der Waals surface area contributed by atoms with E-state index in [1.54, 1.807) is 25.1 Å². The maximum Gasteiger partial charge on any atom is 0.293 e. The van der Waals surface area contributed by atoms with Gasteiger partial charge in [0.05, 0.1) is 29.5 Å². The Morgan fingerprint density at radius 3 is 2.79 bits per heavy atom. The van der Waals surface area contributed by atoms with E-state index in [0.29, 0.717) is 5.56 Å². The molecule has 8 nitrogen and oxygen atoms in total. The van der Waals surface area contributed by atoms with Gasteiger partial charge in [0, 0.05) is 6.07 Å². The summed E-state index contributed by atoms with van der Waals surface area (Å²) in [4.78, 5) is 37.3. The van der Waals surface area contributed by atoms with Crippen LogP contribution in [0.2, 0.25) is 0 Å². The van der Waals surface area contributed by atoms with Crippen LogP contribution in [0.4, 0.5) is 11.4 Å². The Morgan fingerprint density at radius 1 is 1.38 bits per heavy atom. The van der Waals surface area contributed by atoms with Crippen LogP contribution in [0.1, 0.15) is 5.56 Å². The number of hydrogen-bond donors (Lipinski definition) is 1. The molecule has 2 amide bonds. The third kappa shape index (κ3) is 1.69. The maximum absolute atomic E-state index is 12.9. The molecule has 1 aromatic carbocycles. The van der Waals surface area contributed by atoms with Gasteiger partial charge in [-0.2, -0.15) is 0 Å². The molecule has 0 unspecified atom stereocenters. The second kappa shape index (κ2) is 4.71. The van der Waals surface area contributed by atoms with Crippen LogP contribution in [0.5, 0.6) is 0 Å². The number of anilines is 1. The summed E-state index contributed by atoms with van der Waals surface area (Å²) in [5, 5.41) is 21.0. The molecule has 0 aliphatic carbocycles. The Bertz CT molecular complexity index is 819. The summed E-state index contributed by atoms with van der Waals surface area (Å²) in [6, 6.07) is 4.35. The van der Waals surface area contributed by atoms with Crippen molar-refractivity contribution in [2.24, 2.45) is 11.8 Å². The SMILES string of the molecule is Cc1ccc(N2C(=O)[C@H]3[C@H]4C=C[C@@](CO)(O4)[C@H]3C2=O)c([N+](=O)[O-])c1. The zero-order chi connectivity index (χ0) is 17.2. The Balaban J connectivity index is 1.82. The van der Waals surface area contributed by atoms with Crippen LogP contribution in [0.25, 0.3) is 0 Å². The Hall–Kier alpha value is -2.58. The minimum atomic E-state index is -1.21. The zero-order valence-electron chi connectivity index (χ0n) is 12.7. The van der Waals surface area contributed by atoms with Crippen LogP contribution in [-0.2, 0) is 14.3 Å². The summed E-state index contributed by atoms with van der Waals surface area (Å²) in [5.41, 5.74) is -0.892. The Kier molecular flexibility index (Phi) is 2.94. The molecule has 3 aliphatic heterocycles. The lowest BCUT2D eigenvalue weighted by Gasteiger charge is -2.26. The van der Waals surface area contributed by atoms with E-state index in [1.165, 1.54) is 12.1 Å². The predicted molar refractivity (Wildman–Crippen MR) is 81.1 cm³/mol. The fourth-order valence-corrected chi connectivity index (χ4v) is 3.89. The quantitative estimate of drug-likeness (QED) is 0.378. The molecule has 24 heavy (non-hydrogen) atoms. The van der Waals surface area contributed by atoms with E-state index < -0.39 is 46.9 Å². The highest BCUT2D eigenvalue weighted by Gasteiger charge is 2.68. The van der Waals surface area contributed by atoms with Gasteiger partial charge in [-0.3, -0.25) is 19.7 Å². The smallest absolute Gasteiger partial charge is 0.293 e. The van der Waals surface area contributed by atoms with Gasteiger partial charge >= 0.3 is 0 Å². The summed E-state index contributed by atoms with van der Waals surface area (Å²) in [6.07, 6.45) is 2.68. The predicted octanol–water partition coefficient (Wildman–Crippen LogP) is 0.709. The van der Waals surface area contributed by atoms with Crippen molar-refractivity contribution in [2.45, 2.75) is 18.6 Å². The second-order valence-electron chi connectivity index (χ2n) is 6.32. The number of carbonyl (C=O) groups is 2. The van der Waals surface area contributed by atoms with Crippen molar-refractivity contribution < 1.29 is 24.4 Å². The molecule has 4 atom stereocenters. The summed E-state index contributed by atoms with van der Waals surface area (Å²) in [6.45, 7) is 1.27. The molecule has 2 saturated heterocycles. The molecule has 0 aromatic heterocycles. The van der Waals surface area contributed by atoms with E-state index >= 15 is 0 Å². The van der Waals surface area contributed by atoms with Crippen molar-refractivity contribution in [3.05, 3.63) is 46.0 Å². The number of aliphatic hydroxyl groups excluding tert-OH is 1. The number of nitrogens with zero attached hydrogens (tertiary/aromatic N) is 2. The second-order valence-corrected chi connectivity index (χ2v) is 6.32. The number of imide groups is 1. The Morgan fingerprint density at radius 2 is 2.12 bits per heavy atom. The van der Waals surface area contributed by atoms with Gasteiger partial charge in [-0.05, 0) is 18.6 Å². The molecule has 0 saturated carbocycles. The Labute approximate surface area is 136 Å². The molecule has 0 radical (unpaired) electrons. The van der Waals surface area contributed by atoms with E-state index in [-0.39, 0.29) is 11.4 Å². The number of ether oxygens (including phenoxy) is 1. The van der Waals surface area contributed by atoms with Crippen LogP contribution in [0.15, 0.2) is 30.4 Å². The average molecular weight is 330 g/mol. The standard InChI is InChI=1S/C16H14N2O6/c1-8-2-3-9(10(6-8)18(22)23)17-14(20)12-11-4-5-16(7-19,24-11)13(12)15(17)21/h2-6,11-13,19H,7H2,1H3/t11-,12+,13-,16+/m1/s1. The van der Waals surface area contributed by atoms with E-state index in [4.69, 9.17) is 4.74 Å². The van der Waals surface area contributed by atoms with Gasteiger partial charge in [-0.25, -0.2) is 4.90 Å². The number of amides is 2. The molecule has 1 aromatic rings. The van der Waals surface area contributed by atoms with Crippen LogP contribution in [0, 0.1) is 28.9 Å². The average Bonchev–Trinajstić information content (AvgIpc) is 3.19. The monoisotopic (exact) mass is 330 g/mol. The van der Waals surface area contributed by atoms with Crippen molar-refractivity contribution in [3.8, 4) is 0 Å². The van der Waals surface area contributed by atoms with Gasteiger partial charge in [-0.1, -0.05) is 18.2 Å². The molecule has 3 heterocycles. The minimum Gasteiger partial charge on any atom is -0.393 e. The summed E-state index contributed by atoms with van der Waals surface area (Å²) >= 11 is 0. The van der Waals surface area contributed by atoms with Gasteiger partial charge in [0.15, 0.2) is 0 Å².